The molecule has 0 aliphatic heterocycles. The Labute approximate surface area is 133 Å². The Kier molecular flexibility index (Phi) is 5.84. The minimum Gasteiger partial charge on any atom is -0.478 e. The van der Waals surface area contributed by atoms with Crippen LogP contribution in [-0.4, -0.2) is 47.0 Å². The molecule has 1 rings (SSSR count). The zero-order valence-electron chi connectivity index (χ0n) is 13.6. The number of rotatable bonds is 5. The molecule has 0 aliphatic rings. The van der Waals surface area contributed by atoms with E-state index in [1.807, 2.05) is 0 Å². The lowest BCUT2D eigenvalue weighted by molar-refractivity contribution is -0.154. The average Bonchev–Trinajstić information content (AvgIpc) is 2.41. The number of carboxylic acid groups (broad SMARTS) is 1. The Morgan fingerprint density at radius 3 is 2.35 bits per heavy atom. The molecule has 0 heterocycles. The molecule has 1 aromatic rings. The number of carbonyl (C=O) groups excluding carboxylic acids is 2. The van der Waals surface area contributed by atoms with Crippen molar-refractivity contribution in [1.82, 2.24) is 4.90 Å². The van der Waals surface area contributed by atoms with E-state index in [1.165, 1.54) is 11.9 Å². The van der Waals surface area contributed by atoms with E-state index in [0.29, 0.717) is 0 Å². The third kappa shape index (κ3) is 5.69. The van der Waals surface area contributed by atoms with Crippen molar-refractivity contribution in [3.8, 4) is 0 Å². The molecule has 0 atom stereocenters. The van der Waals surface area contributed by atoms with Crippen LogP contribution in [0, 0.1) is 5.82 Å². The van der Waals surface area contributed by atoms with E-state index in [-0.39, 0.29) is 24.1 Å². The largest absolute Gasteiger partial charge is 0.478 e. The van der Waals surface area contributed by atoms with Crippen LogP contribution in [0.2, 0.25) is 0 Å². The number of amides is 1. The number of hydrogen-bond acceptors (Lipinski definition) is 4. The molecule has 0 saturated carbocycles. The molecular formula is C16H20FNO5. The molecule has 1 N–H and O–H groups in total. The van der Waals surface area contributed by atoms with Crippen LogP contribution in [0.1, 0.15) is 47.9 Å². The van der Waals surface area contributed by atoms with Crippen LogP contribution in [0.25, 0.3) is 0 Å². The summed E-state index contributed by atoms with van der Waals surface area (Å²) in [4.78, 5) is 35.7. The van der Waals surface area contributed by atoms with Gasteiger partial charge in [0.1, 0.15) is 11.4 Å². The topological polar surface area (TPSA) is 83.9 Å². The average molecular weight is 325 g/mol. The van der Waals surface area contributed by atoms with Gasteiger partial charge in [0.05, 0.1) is 17.5 Å². The van der Waals surface area contributed by atoms with Crippen molar-refractivity contribution in [2.24, 2.45) is 0 Å². The predicted octanol–water partition coefficient (Wildman–Crippen LogP) is 2.33. The summed E-state index contributed by atoms with van der Waals surface area (Å²) in [6, 6.07) is 3.06. The molecule has 0 aliphatic carbocycles. The minimum absolute atomic E-state index is 0.0195. The maximum atomic E-state index is 13.8. The molecule has 0 unspecified atom stereocenters. The van der Waals surface area contributed by atoms with Gasteiger partial charge in [0.25, 0.3) is 5.91 Å². The number of aromatic carboxylic acids is 1. The van der Waals surface area contributed by atoms with Gasteiger partial charge in [-0.3, -0.25) is 9.59 Å². The maximum Gasteiger partial charge on any atom is 0.335 e. The minimum atomic E-state index is -1.28. The Hall–Kier alpha value is -2.44. The molecule has 1 amide bonds. The molecule has 6 nitrogen and oxygen atoms in total. The van der Waals surface area contributed by atoms with Crippen molar-refractivity contribution in [1.29, 1.82) is 0 Å². The zero-order chi connectivity index (χ0) is 17.8. The molecular weight excluding hydrogens is 305 g/mol. The van der Waals surface area contributed by atoms with Gasteiger partial charge in [0, 0.05) is 13.6 Å². The van der Waals surface area contributed by atoms with E-state index < -0.39 is 29.3 Å². The summed E-state index contributed by atoms with van der Waals surface area (Å²) in [5, 5.41) is 8.77. The Morgan fingerprint density at radius 2 is 1.87 bits per heavy atom. The molecule has 0 bridgehead atoms. The van der Waals surface area contributed by atoms with E-state index in [0.717, 1.165) is 18.2 Å². The first kappa shape index (κ1) is 18.6. The van der Waals surface area contributed by atoms with Crippen molar-refractivity contribution < 1.29 is 28.6 Å². The lowest BCUT2D eigenvalue weighted by Crippen LogP contribution is -2.32. The summed E-state index contributed by atoms with van der Waals surface area (Å²) in [6.45, 7) is 5.27. The highest BCUT2D eigenvalue weighted by molar-refractivity contribution is 5.96. The number of benzene rings is 1. The quantitative estimate of drug-likeness (QED) is 0.840. The second kappa shape index (κ2) is 7.21. The maximum absolute atomic E-state index is 13.8. The first-order chi connectivity index (χ1) is 10.5. The van der Waals surface area contributed by atoms with Crippen LogP contribution >= 0.6 is 0 Å². The number of carbonyl (C=O) groups is 3. The van der Waals surface area contributed by atoms with Crippen molar-refractivity contribution in [3.05, 3.63) is 35.1 Å². The molecule has 0 aromatic heterocycles. The fourth-order valence-corrected chi connectivity index (χ4v) is 1.78. The summed E-state index contributed by atoms with van der Waals surface area (Å²) in [7, 11) is 1.43. The van der Waals surface area contributed by atoms with Gasteiger partial charge >= 0.3 is 11.9 Å². The van der Waals surface area contributed by atoms with Crippen LogP contribution in [-0.2, 0) is 9.53 Å². The SMILES string of the molecule is CN(CCC(=O)OC(C)(C)C)C(=O)c1ccc(C(=O)O)cc1F. The van der Waals surface area contributed by atoms with Crippen LogP contribution in [0.3, 0.4) is 0 Å². The highest BCUT2D eigenvalue weighted by Gasteiger charge is 2.20. The van der Waals surface area contributed by atoms with E-state index in [1.54, 1.807) is 20.8 Å². The van der Waals surface area contributed by atoms with E-state index >= 15 is 0 Å². The molecule has 23 heavy (non-hydrogen) atoms. The van der Waals surface area contributed by atoms with E-state index in [9.17, 15) is 18.8 Å². The summed E-state index contributed by atoms with van der Waals surface area (Å²) in [5.74, 6) is -3.29. The fourth-order valence-electron chi connectivity index (χ4n) is 1.78. The van der Waals surface area contributed by atoms with Crippen LogP contribution in [0.4, 0.5) is 4.39 Å². The second-order valence-electron chi connectivity index (χ2n) is 6.06. The van der Waals surface area contributed by atoms with Gasteiger partial charge in [-0.05, 0) is 39.0 Å². The molecule has 126 valence electrons. The number of esters is 1. The van der Waals surface area contributed by atoms with Crippen LogP contribution in [0.5, 0.6) is 0 Å². The first-order valence-corrected chi connectivity index (χ1v) is 7.01. The highest BCUT2D eigenvalue weighted by Crippen LogP contribution is 2.14. The molecule has 0 radical (unpaired) electrons. The Bertz CT molecular complexity index is 621. The summed E-state index contributed by atoms with van der Waals surface area (Å²) in [6.07, 6.45) is -0.0195. The number of hydrogen-bond donors (Lipinski definition) is 1. The highest BCUT2D eigenvalue weighted by atomic mass is 19.1. The zero-order valence-corrected chi connectivity index (χ0v) is 13.6. The number of nitrogens with zero attached hydrogens (tertiary/aromatic N) is 1. The van der Waals surface area contributed by atoms with Crippen molar-refractivity contribution in [2.75, 3.05) is 13.6 Å². The first-order valence-electron chi connectivity index (χ1n) is 7.01. The van der Waals surface area contributed by atoms with Crippen LogP contribution in [0.15, 0.2) is 18.2 Å². The van der Waals surface area contributed by atoms with Crippen molar-refractivity contribution in [2.45, 2.75) is 32.8 Å². The third-order valence-corrected chi connectivity index (χ3v) is 2.86. The summed E-state index contributed by atoms with van der Waals surface area (Å²) in [5.41, 5.74) is -1.10. The van der Waals surface area contributed by atoms with Crippen molar-refractivity contribution in [3.63, 3.8) is 0 Å². The van der Waals surface area contributed by atoms with Gasteiger partial charge in [-0.15, -0.1) is 0 Å². The number of carboxylic acids is 1. The van der Waals surface area contributed by atoms with Gasteiger partial charge < -0.3 is 14.7 Å². The van der Waals surface area contributed by atoms with Gasteiger partial charge in [0.15, 0.2) is 0 Å². The van der Waals surface area contributed by atoms with Gasteiger partial charge in [-0.2, -0.15) is 0 Å². The third-order valence-electron chi connectivity index (χ3n) is 2.86. The van der Waals surface area contributed by atoms with Gasteiger partial charge in [-0.1, -0.05) is 0 Å². The van der Waals surface area contributed by atoms with E-state index in [4.69, 9.17) is 9.84 Å². The molecule has 1 aromatic carbocycles. The normalized spacial score (nSPS) is 11.0. The second-order valence-corrected chi connectivity index (χ2v) is 6.06. The summed E-state index contributed by atoms with van der Waals surface area (Å²) >= 11 is 0. The van der Waals surface area contributed by atoms with E-state index in [2.05, 4.69) is 0 Å². The van der Waals surface area contributed by atoms with Crippen molar-refractivity contribution >= 4 is 17.8 Å². The smallest absolute Gasteiger partial charge is 0.335 e. The predicted molar refractivity (Wildman–Crippen MR) is 80.8 cm³/mol. The lowest BCUT2D eigenvalue weighted by atomic mass is 10.1. The number of halogens is 1. The van der Waals surface area contributed by atoms with Crippen LogP contribution < -0.4 is 0 Å². The fraction of sp³-hybridized carbons (Fsp3) is 0.438. The molecule has 0 spiro atoms. The monoisotopic (exact) mass is 325 g/mol. The molecule has 0 fully saturated rings. The standard InChI is InChI=1S/C16H20FNO5/c1-16(2,3)23-13(19)7-8-18(4)14(20)11-6-5-10(15(21)22)9-12(11)17/h5-6,9H,7-8H2,1-4H3,(H,21,22). The lowest BCUT2D eigenvalue weighted by Gasteiger charge is -2.21. The Balaban J connectivity index is 2.70. The summed E-state index contributed by atoms with van der Waals surface area (Å²) < 4.78 is 19.0. The van der Waals surface area contributed by atoms with Gasteiger partial charge in [0.2, 0.25) is 0 Å². The number of ether oxygens (including phenoxy) is 1. The van der Waals surface area contributed by atoms with Gasteiger partial charge in [-0.25, -0.2) is 9.18 Å². The molecule has 0 saturated heterocycles. The molecule has 7 heteroatoms. The Morgan fingerprint density at radius 1 is 1.26 bits per heavy atom.